The summed E-state index contributed by atoms with van der Waals surface area (Å²) < 4.78 is 0.0253. The van der Waals surface area contributed by atoms with Crippen molar-refractivity contribution < 1.29 is 4.79 Å². The minimum atomic E-state index is -0.369. The van der Waals surface area contributed by atoms with Crippen molar-refractivity contribution in [1.82, 2.24) is 0 Å². The Morgan fingerprint density at radius 3 is 1.12 bits per heavy atom. The quantitative estimate of drug-likeness (QED) is 0.153. The van der Waals surface area contributed by atoms with Gasteiger partial charge in [-0.2, -0.15) is 35.3 Å². The zero-order valence-corrected chi connectivity index (χ0v) is 28.7. The summed E-state index contributed by atoms with van der Waals surface area (Å²) in [6, 6.07) is 32.3. The van der Waals surface area contributed by atoms with E-state index in [1.165, 1.54) is 16.7 Å². The summed E-state index contributed by atoms with van der Waals surface area (Å²) in [7, 11) is 0. The molecule has 0 fully saturated rings. The molecule has 0 aliphatic heterocycles. The van der Waals surface area contributed by atoms with Crippen LogP contribution < -0.4 is 5.73 Å². The lowest BCUT2D eigenvalue weighted by Crippen LogP contribution is -2.26. The first-order valence-corrected chi connectivity index (χ1v) is 17.9. The number of hydrogen-bond donors (Lipinski definition) is 1. The van der Waals surface area contributed by atoms with E-state index in [1.54, 1.807) is 6.08 Å². The van der Waals surface area contributed by atoms with Crippen LogP contribution in [0.3, 0.4) is 0 Å². The molecule has 1 amide bonds. The first-order chi connectivity index (χ1) is 19.9. The highest BCUT2D eigenvalue weighted by molar-refractivity contribution is 8.00. The zero-order chi connectivity index (χ0) is 30.7. The highest BCUT2D eigenvalue weighted by Crippen LogP contribution is 2.45. The maximum Gasteiger partial charge on any atom is 0.241 e. The van der Waals surface area contributed by atoms with Gasteiger partial charge in [0.2, 0.25) is 5.91 Å². The van der Waals surface area contributed by atoms with E-state index >= 15 is 0 Å². The molecule has 3 aromatic carbocycles. The molecule has 0 aromatic heterocycles. The first-order valence-electron chi connectivity index (χ1n) is 14.9. The molecular formula is C37H49NOS3. The highest BCUT2D eigenvalue weighted by atomic mass is 32.2. The van der Waals surface area contributed by atoms with Gasteiger partial charge in [0.1, 0.15) is 0 Å². The largest absolute Gasteiger partial charge is 0.366 e. The molecule has 3 aromatic rings. The Morgan fingerprint density at radius 1 is 0.571 bits per heavy atom. The summed E-state index contributed by atoms with van der Waals surface area (Å²) in [5, 5.41) is 0. The van der Waals surface area contributed by atoms with Crippen molar-refractivity contribution in [3.05, 3.63) is 120 Å². The Labute approximate surface area is 268 Å². The maximum absolute atomic E-state index is 12.0. The van der Waals surface area contributed by atoms with E-state index in [0.717, 1.165) is 36.5 Å². The van der Waals surface area contributed by atoms with E-state index in [1.807, 2.05) is 35.3 Å². The third kappa shape index (κ3) is 10.6. The molecule has 0 aliphatic rings. The molecule has 0 unspecified atom stereocenters. The average Bonchev–Trinajstić information content (AvgIpc) is 2.97. The van der Waals surface area contributed by atoms with Crippen LogP contribution in [0.5, 0.6) is 0 Å². The number of carbonyl (C=O) groups is 1. The van der Waals surface area contributed by atoms with Crippen LogP contribution in [-0.2, 0) is 19.0 Å². The maximum atomic E-state index is 12.0. The van der Waals surface area contributed by atoms with Crippen LogP contribution in [0.25, 0.3) is 0 Å². The standard InChI is InChI=1S/C37H49NOS3/c1-34(2,30-16-10-7-11-17-30)40-27-24-37(23-22-33(38)39,25-28-41-35(3,4)31-18-12-8-13-19-31)26-29-42-36(5,6)32-20-14-9-15-21-32/h7-23H,24-29H2,1-6H3,(H2,38,39). The van der Waals surface area contributed by atoms with Crippen molar-refractivity contribution in [2.45, 2.75) is 75.0 Å². The van der Waals surface area contributed by atoms with Gasteiger partial charge in [-0.3, -0.25) is 4.79 Å². The van der Waals surface area contributed by atoms with Gasteiger partial charge in [-0.15, -0.1) is 0 Å². The van der Waals surface area contributed by atoms with Crippen molar-refractivity contribution in [3.63, 3.8) is 0 Å². The fraction of sp³-hybridized carbons (Fsp3) is 0.432. The summed E-state index contributed by atoms with van der Waals surface area (Å²) >= 11 is 6.00. The molecule has 0 saturated carbocycles. The van der Waals surface area contributed by atoms with Gasteiger partial charge in [0.15, 0.2) is 0 Å². The number of benzene rings is 3. The van der Waals surface area contributed by atoms with Gasteiger partial charge in [-0.05, 0) is 106 Å². The molecule has 0 heterocycles. The number of rotatable bonds is 17. The second-order valence-corrected chi connectivity index (χ2v) is 17.7. The number of thioether (sulfide) groups is 3. The number of primary amides is 1. The molecule has 0 radical (unpaired) electrons. The lowest BCUT2D eigenvalue weighted by molar-refractivity contribution is -0.113. The lowest BCUT2D eigenvalue weighted by Gasteiger charge is -2.35. The average molecular weight is 620 g/mol. The van der Waals surface area contributed by atoms with Crippen LogP contribution in [0.2, 0.25) is 0 Å². The summed E-state index contributed by atoms with van der Waals surface area (Å²) in [4.78, 5) is 12.0. The molecule has 2 nitrogen and oxygen atoms in total. The summed E-state index contributed by atoms with van der Waals surface area (Å²) in [5.74, 6) is 2.64. The SMILES string of the molecule is CC(C)(SCCC(C=CC(N)=O)(CCSC(C)(C)c1ccccc1)CCSC(C)(C)c1ccccc1)c1ccccc1. The minimum absolute atomic E-state index is 0.00843. The van der Waals surface area contributed by atoms with E-state index in [0.29, 0.717) is 0 Å². The summed E-state index contributed by atoms with van der Waals surface area (Å²) in [5.41, 5.74) is 9.59. The predicted molar refractivity (Wildman–Crippen MR) is 190 cm³/mol. The molecule has 3 rings (SSSR count). The zero-order valence-electron chi connectivity index (χ0n) is 26.3. The normalized spacial score (nSPS) is 13.0. The predicted octanol–water partition coefficient (Wildman–Crippen LogP) is 10.2. The monoisotopic (exact) mass is 619 g/mol. The third-order valence-corrected chi connectivity index (χ3v) is 12.3. The van der Waals surface area contributed by atoms with Crippen LogP contribution in [0.1, 0.15) is 77.5 Å². The number of allylic oxidation sites excluding steroid dienone is 1. The van der Waals surface area contributed by atoms with Crippen LogP contribution >= 0.6 is 35.3 Å². The van der Waals surface area contributed by atoms with E-state index in [9.17, 15) is 4.79 Å². The lowest BCUT2D eigenvalue weighted by atomic mass is 9.79. The van der Waals surface area contributed by atoms with E-state index in [-0.39, 0.29) is 25.6 Å². The highest BCUT2D eigenvalue weighted by Gasteiger charge is 2.32. The summed E-state index contributed by atoms with van der Waals surface area (Å²) in [6.07, 6.45) is 6.76. The Morgan fingerprint density at radius 2 is 0.857 bits per heavy atom. The van der Waals surface area contributed by atoms with Crippen molar-refractivity contribution in [3.8, 4) is 0 Å². The van der Waals surface area contributed by atoms with Crippen molar-refractivity contribution in [2.24, 2.45) is 11.1 Å². The van der Waals surface area contributed by atoms with Crippen LogP contribution in [0, 0.1) is 5.41 Å². The van der Waals surface area contributed by atoms with E-state index in [4.69, 9.17) is 5.73 Å². The Hall–Kier alpha value is -2.08. The molecular weight excluding hydrogens is 571 g/mol. The third-order valence-electron chi connectivity index (χ3n) is 8.20. The number of hydrogen-bond acceptors (Lipinski definition) is 4. The number of amides is 1. The van der Waals surface area contributed by atoms with Gasteiger partial charge in [-0.1, -0.05) is 97.1 Å². The molecule has 42 heavy (non-hydrogen) atoms. The minimum Gasteiger partial charge on any atom is -0.366 e. The Bertz CT molecular complexity index is 1110. The smallest absolute Gasteiger partial charge is 0.241 e. The van der Waals surface area contributed by atoms with E-state index < -0.39 is 0 Å². The molecule has 0 spiro atoms. The first kappa shape index (κ1) is 34.4. The van der Waals surface area contributed by atoms with Crippen molar-refractivity contribution in [2.75, 3.05) is 17.3 Å². The molecule has 226 valence electrons. The van der Waals surface area contributed by atoms with Gasteiger partial charge < -0.3 is 5.73 Å². The fourth-order valence-electron chi connectivity index (χ4n) is 5.18. The van der Waals surface area contributed by atoms with Gasteiger partial charge in [0.05, 0.1) is 0 Å². The van der Waals surface area contributed by atoms with Crippen molar-refractivity contribution >= 4 is 41.2 Å². The fourth-order valence-corrected chi connectivity index (χ4v) is 9.15. The van der Waals surface area contributed by atoms with Crippen LogP contribution in [0.4, 0.5) is 0 Å². The van der Waals surface area contributed by atoms with Crippen LogP contribution in [0.15, 0.2) is 103 Å². The second kappa shape index (κ2) is 15.6. The molecule has 0 saturated heterocycles. The molecule has 0 atom stereocenters. The Kier molecular flexibility index (Phi) is 12.8. The van der Waals surface area contributed by atoms with Gasteiger partial charge >= 0.3 is 0 Å². The molecule has 0 bridgehead atoms. The van der Waals surface area contributed by atoms with Gasteiger partial charge in [0.25, 0.3) is 0 Å². The second-order valence-electron chi connectivity index (χ2n) is 12.5. The van der Waals surface area contributed by atoms with Crippen molar-refractivity contribution in [1.29, 1.82) is 0 Å². The van der Waals surface area contributed by atoms with Crippen LogP contribution in [-0.4, -0.2) is 23.2 Å². The molecule has 2 N–H and O–H groups in total. The van der Waals surface area contributed by atoms with Gasteiger partial charge in [0, 0.05) is 14.2 Å². The molecule has 0 aliphatic carbocycles. The van der Waals surface area contributed by atoms with Gasteiger partial charge in [-0.25, -0.2) is 0 Å². The number of nitrogens with two attached hydrogens (primary N) is 1. The van der Waals surface area contributed by atoms with E-state index in [2.05, 4.69) is 139 Å². The number of carbonyl (C=O) groups excluding carboxylic acids is 1. The Balaban J connectivity index is 1.80. The topological polar surface area (TPSA) is 43.1 Å². The summed E-state index contributed by atoms with van der Waals surface area (Å²) in [6.45, 7) is 13.9. The molecule has 5 heteroatoms.